The first-order valence-corrected chi connectivity index (χ1v) is 7.22. The molecule has 17 heavy (non-hydrogen) atoms. The molecule has 1 rings (SSSR count). The van der Waals surface area contributed by atoms with Crippen LogP contribution in [0.2, 0.25) is 0 Å². The molecule has 1 saturated heterocycles. The summed E-state index contributed by atoms with van der Waals surface area (Å²) in [4.78, 5) is 14.8. The van der Waals surface area contributed by atoms with Crippen LogP contribution in [-0.2, 0) is 4.79 Å². The second kappa shape index (κ2) is 5.88. The molecule has 2 heteroatoms. The van der Waals surface area contributed by atoms with Gasteiger partial charge < -0.3 is 4.90 Å². The summed E-state index contributed by atoms with van der Waals surface area (Å²) < 4.78 is 0. The Labute approximate surface area is 107 Å². The third-order valence-corrected chi connectivity index (χ3v) is 4.43. The predicted molar refractivity (Wildman–Crippen MR) is 72.8 cm³/mol. The number of hydrogen-bond acceptors (Lipinski definition) is 1. The molecular formula is C15H29NO. The normalized spacial score (nSPS) is 26.9. The highest BCUT2D eigenvalue weighted by molar-refractivity contribution is 5.79. The van der Waals surface area contributed by atoms with Crippen molar-refractivity contribution in [3.05, 3.63) is 0 Å². The maximum Gasteiger partial charge on any atom is 0.226 e. The number of hydrogen-bond donors (Lipinski definition) is 0. The van der Waals surface area contributed by atoms with E-state index in [2.05, 4.69) is 46.4 Å². The highest BCUT2D eigenvalue weighted by Crippen LogP contribution is 2.33. The zero-order chi connectivity index (χ0) is 13.2. The fourth-order valence-corrected chi connectivity index (χ4v) is 2.83. The third kappa shape index (κ3) is 3.02. The fraction of sp³-hybridized carbons (Fsp3) is 0.933. The van der Waals surface area contributed by atoms with E-state index in [9.17, 15) is 4.79 Å². The first-order valence-electron chi connectivity index (χ1n) is 7.22. The first-order chi connectivity index (χ1) is 7.90. The van der Waals surface area contributed by atoms with E-state index in [0.717, 1.165) is 6.42 Å². The van der Waals surface area contributed by atoms with Crippen LogP contribution in [0.5, 0.6) is 0 Å². The van der Waals surface area contributed by atoms with E-state index in [1.807, 2.05) is 0 Å². The molecule has 1 aliphatic rings. The first kappa shape index (κ1) is 14.5. The Morgan fingerprint density at radius 1 is 1.18 bits per heavy atom. The summed E-state index contributed by atoms with van der Waals surface area (Å²) in [7, 11) is 0. The van der Waals surface area contributed by atoms with E-state index in [-0.39, 0.29) is 5.92 Å². The van der Waals surface area contributed by atoms with E-state index in [1.54, 1.807) is 0 Å². The Hall–Kier alpha value is -0.530. The highest BCUT2D eigenvalue weighted by atomic mass is 16.2. The van der Waals surface area contributed by atoms with E-state index < -0.39 is 0 Å². The Morgan fingerprint density at radius 3 is 2.18 bits per heavy atom. The molecule has 1 aliphatic heterocycles. The van der Waals surface area contributed by atoms with Crippen molar-refractivity contribution >= 4 is 5.91 Å². The highest BCUT2D eigenvalue weighted by Gasteiger charge is 2.39. The Balaban J connectivity index is 2.85. The summed E-state index contributed by atoms with van der Waals surface area (Å²) in [5, 5.41) is 0. The third-order valence-electron chi connectivity index (χ3n) is 4.43. The molecule has 100 valence electrons. The molecule has 2 nitrogen and oxygen atoms in total. The lowest BCUT2D eigenvalue weighted by Gasteiger charge is -2.35. The van der Waals surface area contributed by atoms with Crippen molar-refractivity contribution in [3.63, 3.8) is 0 Å². The Kier molecular flexibility index (Phi) is 5.03. The van der Waals surface area contributed by atoms with Gasteiger partial charge in [0.1, 0.15) is 0 Å². The van der Waals surface area contributed by atoms with Crippen LogP contribution in [0.15, 0.2) is 0 Å². The zero-order valence-corrected chi connectivity index (χ0v) is 12.4. The molecular weight excluding hydrogens is 210 g/mol. The molecule has 0 radical (unpaired) electrons. The molecule has 0 aliphatic carbocycles. The lowest BCUT2D eigenvalue weighted by molar-refractivity contribution is -0.140. The monoisotopic (exact) mass is 239 g/mol. The van der Waals surface area contributed by atoms with Gasteiger partial charge in [-0.25, -0.2) is 0 Å². The smallest absolute Gasteiger partial charge is 0.226 e. The molecule has 0 aromatic rings. The van der Waals surface area contributed by atoms with Crippen LogP contribution in [0.4, 0.5) is 0 Å². The second-order valence-corrected chi connectivity index (χ2v) is 6.23. The quantitative estimate of drug-likeness (QED) is 0.732. The summed E-state index contributed by atoms with van der Waals surface area (Å²) in [5.74, 6) is 1.55. The number of nitrogens with zero attached hydrogens (tertiary/aromatic N) is 1. The maximum absolute atomic E-state index is 12.6. The average Bonchev–Trinajstić information content (AvgIpc) is 2.70. The lowest BCUT2D eigenvalue weighted by Crippen LogP contribution is -2.46. The topological polar surface area (TPSA) is 20.3 Å². The van der Waals surface area contributed by atoms with Crippen LogP contribution in [-0.4, -0.2) is 22.9 Å². The second-order valence-electron chi connectivity index (χ2n) is 6.23. The number of amides is 1. The maximum atomic E-state index is 12.6. The van der Waals surface area contributed by atoms with Gasteiger partial charge in [0.15, 0.2) is 0 Å². The van der Waals surface area contributed by atoms with Crippen LogP contribution in [0.25, 0.3) is 0 Å². The molecule has 1 heterocycles. The van der Waals surface area contributed by atoms with Crippen LogP contribution in [0.3, 0.4) is 0 Å². The molecule has 3 atom stereocenters. The molecule has 1 amide bonds. The van der Waals surface area contributed by atoms with Crippen LogP contribution < -0.4 is 0 Å². The summed E-state index contributed by atoms with van der Waals surface area (Å²) >= 11 is 0. The number of likely N-dealkylation sites (tertiary alicyclic amines) is 1. The van der Waals surface area contributed by atoms with Gasteiger partial charge in [0.2, 0.25) is 5.91 Å². The SMILES string of the molecule is CCC1CC[C@@H](C(C)C)N1C(=O)C(C)C(C)C. The Morgan fingerprint density at radius 2 is 1.76 bits per heavy atom. The van der Waals surface area contributed by atoms with Crippen molar-refractivity contribution in [3.8, 4) is 0 Å². The molecule has 0 aromatic carbocycles. The number of carbonyl (C=O) groups excluding carboxylic acids is 1. The molecule has 0 spiro atoms. The molecule has 0 bridgehead atoms. The zero-order valence-electron chi connectivity index (χ0n) is 12.4. The van der Waals surface area contributed by atoms with Crippen LogP contribution >= 0.6 is 0 Å². The van der Waals surface area contributed by atoms with E-state index in [4.69, 9.17) is 0 Å². The van der Waals surface area contributed by atoms with Gasteiger partial charge in [-0.3, -0.25) is 4.79 Å². The molecule has 0 aromatic heterocycles. The lowest BCUT2D eigenvalue weighted by atomic mass is 9.94. The summed E-state index contributed by atoms with van der Waals surface area (Å²) in [6.45, 7) is 13.0. The minimum atomic E-state index is 0.156. The van der Waals surface area contributed by atoms with Gasteiger partial charge in [-0.1, -0.05) is 41.5 Å². The average molecular weight is 239 g/mol. The fourth-order valence-electron chi connectivity index (χ4n) is 2.83. The van der Waals surface area contributed by atoms with Crippen molar-refractivity contribution in [2.45, 2.75) is 72.9 Å². The van der Waals surface area contributed by atoms with E-state index in [0.29, 0.717) is 29.8 Å². The summed E-state index contributed by atoms with van der Waals surface area (Å²) in [6.07, 6.45) is 3.47. The van der Waals surface area contributed by atoms with Gasteiger partial charge in [-0.05, 0) is 31.1 Å². The van der Waals surface area contributed by atoms with Crippen LogP contribution in [0.1, 0.15) is 60.8 Å². The van der Waals surface area contributed by atoms with E-state index in [1.165, 1.54) is 12.8 Å². The van der Waals surface area contributed by atoms with Crippen LogP contribution in [0, 0.1) is 17.8 Å². The van der Waals surface area contributed by atoms with Gasteiger partial charge in [0.05, 0.1) is 0 Å². The van der Waals surface area contributed by atoms with Crippen molar-refractivity contribution in [1.82, 2.24) is 4.90 Å². The largest absolute Gasteiger partial charge is 0.336 e. The van der Waals surface area contributed by atoms with Crippen molar-refractivity contribution in [2.75, 3.05) is 0 Å². The van der Waals surface area contributed by atoms with Gasteiger partial charge in [-0.2, -0.15) is 0 Å². The van der Waals surface area contributed by atoms with Crippen molar-refractivity contribution in [2.24, 2.45) is 17.8 Å². The standard InChI is InChI=1S/C15H29NO/c1-7-13-8-9-14(11(4)5)16(13)15(17)12(6)10(2)3/h10-14H,7-9H2,1-6H3/t12?,13?,14-/m0/s1. The summed E-state index contributed by atoms with van der Waals surface area (Å²) in [6, 6.07) is 0.949. The van der Waals surface area contributed by atoms with Gasteiger partial charge in [0, 0.05) is 18.0 Å². The van der Waals surface area contributed by atoms with Gasteiger partial charge in [0.25, 0.3) is 0 Å². The molecule has 0 N–H and O–H groups in total. The number of carbonyl (C=O) groups is 1. The van der Waals surface area contributed by atoms with Gasteiger partial charge >= 0.3 is 0 Å². The van der Waals surface area contributed by atoms with Crippen molar-refractivity contribution in [1.29, 1.82) is 0 Å². The predicted octanol–water partition coefficient (Wildman–Crippen LogP) is 3.70. The minimum Gasteiger partial charge on any atom is -0.336 e. The van der Waals surface area contributed by atoms with Crippen molar-refractivity contribution < 1.29 is 4.79 Å². The van der Waals surface area contributed by atoms with E-state index >= 15 is 0 Å². The molecule has 0 saturated carbocycles. The minimum absolute atomic E-state index is 0.156. The Bertz CT molecular complexity index is 260. The summed E-state index contributed by atoms with van der Waals surface area (Å²) in [5.41, 5.74) is 0. The number of rotatable bonds is 4. The van der Waals surface area contributed by atoms with Gasteiger partial charge in [-0.15, -0.1) is 0 Å². The molecule has 2 unspecified atom stereocenters. The molecule has 1 fully saturated rings.